The standard InChI is InChI=1S/C22H25N3O2/c1-3-17-10-12-18(13-11-17)16-25-21(14-15-23-25)24-22(26)20(4-2)27-19-8-6-5-7-9-19/h5-15,20H,3-4,16H2,1-2H3,(H,24,26). The molecule has 0 spiro atoms. The third kappa shape index (κ3) is 4.97. The van der Waals surface area contributed by atoms with Crippen molar-refractivity contribution in [2.45, 2.75) is 39.3 Å². The fraction of sp³-hybridized carbons (Fsp3) is 0.273. The van der Waals surface area contributed by atoms with E-state index in [0.29, 0.717) is 24.5 Å². The number of nitrogens with zero attached hydrogens (tertiary/aromatic N) is 2. The van der Waals surface area contributed by atoms with E-state index in [1.807, 2.05) is 37.3 Å². The lowest BCUT2D eigenvalue weighted by atomic mass is 10.1. The second kappa shape index (κ2) is 9.03. The van der Waals surface area contributed by atoms with E-state index in [0.717, 1.165) is 12.0 Å². The van der Waals surface area contributed by atoms with E-state index in [1.54, 1.807) is 16.9 Å². The van der Waals surface area contributed by atoms with Crippen LogP contribution in [0.5, 0.6) is 5.75 Å². The number of benzene rings is 2. The Hall–Kier alpha value is -3.08. The maximum atomic E-state index is 12.7. The molecular formula is C22H25N3O2. The number of para-hydroxylation sites is 1. The minimum absolute atomic E-state index is 0.176. The molecule has 0 aliphatic carbocycles. The summed E-state index contributed by atoms with van der Waals surface area (Å²) in [7, 11) is 0. The van der Waals surface area contributed by atoms with Crippen LogP contribution in [-0.4, -0.2) is 21.8 Å². The summed E-state index contributed by atoms with van der Waals surface area (Å²) in [5.74, 6) is 1.17. The maximum absolute atomic E-state index is 12.7. The molecule has 140 valence electrons. The number of aryl methyl sites for hydroxylation is 1. The molecule has 5 heteroatoms. The Kier molecular flexibility index (Phi) is 6.26. The quantitative estimate of drug-likeness (QED) is 0.649. The van der Waals surface area contributed by atoms with Gasteiger partial charge in [0.05, 0.1) is 12.7 Å². The molecule has 1 unspecified atom stereocenters. The van der Waals surface area contributed by atoms with E-state index < -0.39 is 6.10 Å². The number of amides is 1. The zero-order chi connectivity index (χ0) is 19.1. The molecule has 0 radical (unpaired) electrons. The van der Waals surface area contributed by atoms with Gasteiger partial charge in [0, 0.05) is 6.07 Å². The average molecular weight is 363 g/mol. The minimum Gasteiger partial charge on any atom is -0.481 e. The van der Waals surface area contributed by atoms with Gasteiger partial charge in [0.1, 0.15) is 11.6 Å². The molecule has 3 aromatic rings. The Labute approximate surface area is 160 Å². The predicted octanol–water partition coefficient (Wildman–Crippen LogP) is 4.29. The van der Waals surface area contributed by atoms with E-state index in [9.17, 15) is 4.79 Å². The summed E-state index contributed by atoms with van der Waals surface area (Å²) in [6, 6.07) is 19.6. The molecule has 5 nitrogen and oxygen atoms in total. The highest BCUT2D eigenvalue weighted by molar-refractivity contribution is 5.93. The number of aromatic nitrogens is 2. The molecule has 0 saturated carbocycles. The van der Waals surface area contributed by atoms with Gasteiger partial charge in [-0.25, -0.2) is 4.68 Å². The van der Waals surface area contributed by atoms with Crippen molar-refractivity contribution in [1.29, 1.82) is 0 Å². The first-order valence-electron chi connectivity index (χ1n) is 9.31. The lowest BCUT2D eigenvalue weighted by molar-refractivity contribution is -0.122. The van der Waals surface area contributed by atoms with Crippen LogP contribution >= 0.6 is 0 Å². The molecule has 27 heavy (non-hydrogen) atoms. The summed E-state index contributed by atoms with van der Waals surface area (Å²) in [5.41, 5.74) is 2.44. The Morgan fingerprint density at radius 3 is 2.41 bits per heavy atom. The fourth-order valence-corrected chi connectivity index (χ4v) is 2.81. The van der Waals surface area contributed by atoms with Gasteiger partial charge in [-0.2, -0.15) is 5.10 Å². The van der Waals surface area contributed by atoms with Crippen LogP contribution in [0.4, 0.5) is 5.82 Å². The number of hydrogen-bond acceptors (Lipinski definition) is 3. The number of carbonyl (C=O) groups is 1. The number of ether oxygens (including phenoxy) is 1. The Bertz CT molecular complexity index is 857. The summed E-state index contributed by atoms with van der Waals surface area (Å²) in [5, 5.41) is 7.28. The van der Waals surface area contributed by atoms with Gasteiger partial charge >= 0.3 is 0 Å². The molecule has 1 atom stereocenters. The zero-order valence-corrected chi connectivity index (χ0v) is 15.8. The van der Waals surface area contributed by atoms with Gasteiger partial charge in [-0.05, 0) is 36.1 Å². The highest BCUT2D eigenvalue weighted by atomic mass is 16.5. The van der Waals surface area contributed by atoms with Gasteiger partial charge in [-0.1, -0.05) is 56.3 Å². The number of rotatable bonds is 8. The van der Waals surface area contributed by atoms with Gasteiger partial charge in [-0.3, -0.25) is 4.79 Å². The van der Waals surface area contributed by atoms with Gasteiger partial charge < -0.3 is 10.1 Å². The number of anilines is 1. The SMILES string of the molecule is CCc1ccc(Cn2nccc2NC(=O)C(CC)Oc2ccccc2)cc1. The van der Waals surface area contributed by atoms with Gasteiger partial charge in [0.2, 0.25) is 0 Å². The molecule has 0 saturated heterocycles. The lowest BCUT2D eigenvalue weighted by Crippen LogP contribution is -2.33. The second-order valence-corrected chi connectivity index (χ2v) is 6.36. The minimum atomic E-state index is -0.556. The molecule has 1 heterocycles. The van der Waals surface area contributed by atoms with Crippen molar-refractivity contribution < 1.29 is 9.53 Å². The van der Waals surface area contributed by atoms with E-state index in [4.69, 9.17) is 4.74 Å². The van der Waals surface area contributed by atoms with Crippen LogP contribution in [0, 0.1) is 0 Å². The lowest BCUT2D eigenvalue weighted by Gasteiger charge is -2.17. The van der Waals surface area contributed by atoms with Crippen molar-refractivity contribution in [3.8, 4) is 5.75 Å². The van der Waals surface area contributed by atoms with E-state index in [2.05, 4.69) is 41.6 Å². The van der Waals surface area contributed by atoms with Gasteiger partial charge in [0.25, 0.3) is 5.91 Å². The van der Waals surface area contributed by atoms with Crippen LogP contribution in [0.25, 0.3) is 0 Å². The van der Waals surface area contributed by atoms with Crippen LogP contribution in [-0.2, 0) is 17.8 Å². The number of nitrogens with one attached hydrogen (secondary N) is 1. The molecule has 0 aliphatic heterocycles. The first-order valence-corrected chi connectivity index (χ1v) is 9.31. The highest BCUT2D eigenvalue weighted by Gasteiger charge is 2.20. The highest BCUT2D eigenvalue weighted by Crippen LogP contribution is 2.16. The topological polar surface area (TPSA) is 56.2 Å². The van der Waals surface area contributed by atoms with Crippen LogP contribution in [0.15, 0.2) is 66.9 Å². The van der Waals surface area contributed by atoms with Crippen molar-refractivity contribution >= 4 is 11.7 Å². The van der Waals surface area contributed by atoms with Crippen molar-refractivity contribution in [2.75, 3.05) is 5.32 Å². The van der Waals surface area contributed by atoms with Crippen LogP contribution in [0.2, 0.25) is 0 Å². The fourth-order valence-electron chi connectivity index (χ4n) is 2.81. The largest absolute Gasteiger partial charge is 0.481 e. The third-order valence-electron chi connectivity index (χ3n) is 4.42. The van der Waals surface area contributed by atoms with E-state index >= 15 is 0 Å². The maximum Gasteiger partial charge on any atom is 0.266 e. The average Bonchev–Trinajstić information content (AvgIpc) is 3.14. The molecule has 1 N–H and O–H groups in total. The second-order valence-electron chi connectivity index (χ2n) is 6.36. The van der Waals surface area contributed by atoms with Crippen molar-refractivity contribution in [1.82, 2.24) is 9.78 Å². The Morgan fingerprint density at radius 1 is 1.04 bits per heavy atom. The molecule has 0 fully saturated rings. The number of carbonyl (C=O) groups excluding carboxylic acids is 1. The predicted molar refractivity (Wildman–Crippen MR) is 107 cm³/mol. The monoisotopic (exact) mass is 363 g/mol. The number of hydrogen-bond donors (Lipinski definition) is 1. The molecular weight excluding hydrogens is 338 g/mol. The van der Waals surface area contributed by atoms with E-state index in [-0.39, 0.29) is 5.91 Å². The van der Waals surface area contributed by atoms with Crippen LogP contribution < -0.4 is 10.1 Å². The van der Waals surface area contributed by atoms with Crippen LogP contribution in [0.3, 0.4) is 0 Å². The van der Waals surface area contributed by atoms with Gasteiger partial charge in [-0.15, -0.1) is 0 Å². The molecule has 0 bridgehead atoms. The van der Waals surface area contributed by atoms with E-state index in [1.165, 1.54) is 5.56 Å². The van der Waals surface area contributed by atoms with Gasteiger partial charge in [0.15, 0.2) is 6.10 Å². The van der Waals surface area contributed by atoms with Crippen molar-refractivity contribution in [3.05, 3.63) is 78.0 Å². The molecule has 1 amide bonds. The molecule has 0 aliphatic rings. The third-order valence-corrected chi connectivity index (χ3v) is 4.42. The normalized spacial score (nSPS) is 11.8. The van der Waals surface area contributed by atoms with Crippen molar-refractivity contribution in [2.24, 2.45) is 0 Å². The summed E-state index contributed by atoms with van der Waals surface area (Å²) < 4.78 is 7.60. The molecule has 1 aromatic heterocycles. The first kappa shape index (κ1) is 18.7. The smallest absolute Gasteiger partial charge is 0.266 e. The zero-order valence-electron chi connectivity index (χ0n) is 15.8. The summed E-state index contributed by atoms with van der Waals surface area (Å²) in [6.07, 6.45) is 2.73. The Balaban J connectivity index is 1.66. The van der Waals surface area contributed by atoms with Crippen molar-refractivity contribution in [3.63, 3.8) is 0 Å². The first-order chi connectivity index (χ1) is 13.2. The van der Waals surface area contributed by atoms with Crippen LogP contribution in [0.1, 0.15) is 31.4 Å². The molecule has 3 rings (SSSR count). The molecule has 2 aromatic carbocycles. The summed E-state index contributed by atoms with van der Waals surface area (Å²) in [6.45, 7) is 4.67. The summed E-state index contributed by atoms with van der Waals surface area (Å²) >= 11 is 0. The summed E-state index contributed by atoms with van der Waals surface area (Å²) in [4.78, 5) is 12.7. The Morgan fingerprint density at radius 2 is 1.74 bits per heavy atom.